The van der Waals surface area contributed by atoms with Crippen LogP contribution in [0.1, 0.15) is 21.6 Å². The maximum Gasteiger partial charge on any atom is 0.277 e. The number of carbonyl (C=O) groups excluding carboxylic acids is 1. The fourth-order valence-corrected chi connectivity index (χ4v) is 2.06. The molecular formula is C13H14ClN3O. The van der Waals surface area contributed by atoms with Crippen LogP contribution in [0.15, 0.2) is 24.4 Å². The molecule has 0 radical (unpaired) electrons. The van der Waals surface area contributed by atoms with Gasteiger partial charge < -0.3 is 5.32 Å². The number of carbonyl (C=O) groups is 1. The first-order valence-corrected chi connectivity index (χ1v) is 5.93. The highest BCUT2D eigenvalue weighted by atomic mass is 35.5. The van der Waals surface area contributed by atoms with Gasteiger partial charge in [-0.1, -0.05) is 29.8 Å². The van der Waals surface area contributed by atoms with Gasteiger partial charge in [-0.15, -0.1) is 0 Å². The van der Waals surface area contributed by atoms with Crippen molar-refractivity contribution in [1.82, 2.24) is 9.78 Å². The molecule has 1 N–H and O–H groups in total. The number of aryl methyl sites for hydroxylation is 3. The van der Waals surface area contributed by atoms with E-state index in [0.29, 0.717) is 5.02 Å². The van der Waals surface area contributed by atoms with E-state index in [1.807, 2.05) is 32.0 Å². The normalized spacial score (nSPS) is 10.4. The molecule has 0 aliphatic rings. The van der Waals surface area contributed by atoms with Gasteiger partial charge in [-0.25, -0.2) is 0 Å². The maximum atomic E-state index is 12.1. The van der Waals surface area contributed by atoms with E-state index < -0.39 is 0 Å². The van der Waals surface area contributed by atoms with Crippen molar-refractivity contribution in [1.29, 1.82) is 0 Å². The van der Waals surface area contributed by atoms with Gasteiger partial charge in [0.05, 0.1) is 5.02 Å². The van der Waals surface area contributed by atoms with E-state index in [2.05, 4.69) is 10.4 Å². The van der Waals surface area contributed by atoms with Crippen molar-refractivity contribution in [2.24, 2.45) is 7.05 Å². The van der Waals surface area contributed by atoms with Crippen LogP contribution in [0, 0.1) is 13.8 Å². The Morgan fingerprint density at radius 1 is 1.33 bits per heavy atom. The highest BCUT2D eigenvalue weighted by Crippen LogP contribution is 2.21. The molecule has 2 aromatic rings. The Hall–Kier alpha value is -1.81. The van der Waals surface area contributed by atoms with Crippen LogP contribution in [0.25, 0.3) is 0 Å². The number of benzene rings is 1. The summed E-state index contributed by atoms with van der Waals surface area (Å²) in [6, 6.07) is 5.85. The number of hydrogen-bond donors (Lipinski definition) is 1. The Balaban J connectivity index is 2.30. The Bertz CT molecular complexity index is 584. The SMILES string of the molecule is Cc1cccc(C)c1NC(=O)c1nn(C)cc1Cl. The van der Waals surface area contributed by atoms with E-state index in [-0.39, 0.29) is 11.6 Å². The summed E-state index contributed by atoms with van der Waals surface area (Å²) in [6.45, 7) is 3.89. The van der Waals surface area contributed by atoms with E-state index in [9.17, 15) is 4.79 Å². The van der Waals surface area contributed by atoms with Gasteiger partial charge in [0.2, 0.25) is 0 Å². The molecule has 0 spiro atoms. The first kappa shape index (κ1) is 12.6. The number of hydrogen-bond acceptors (Lipinski definition) is 2. The smallest absolute Gasteiger partial charge is 0.277 e. The van der Waals surface area contributed by atoms with Gasteiger partial charge in [-0.05, 0) is 25.0 Å². The summed E-state index contributed by atoms with van der Waals surface area (Å²) in [5.41, 5.74) is 3.07. The van der Waals surface area contributed by atoms with Crippen molar-refractivity contribution in [2.45, 2.75) is 13.8 Å². The zero-order valence-electron chi connectivity index (χ0n) is 10.5. The molecule has 94 valence electrons. The number of nitrogens with one attached hydrogen (secondary N) is 1. The summed E-state index contributed by atoms with van der Waals surface area (Å²) < 4.78 is 1.52. The fraction of sp³-hybridized carbons (Fsp3) is 0.231. The lowest BCUT2D eigenvalue weighted by molar-refractivity contribution is 0.102. The van der Waals surface area contributed by atoms with Crippen molar-refractivity contribution in [3.63, 3.8) is 0 Å². The first-order valence-electron chi connectivity index (χ1n) is 5.55. The van der Waals surface area contributed by atoms with E-state index in [1.54, 1.807) is 13.2 Å². The molecule has 1 aromatic heterocycles. The van der Waals surface area contributed by atoms with Gasteiger partial charge in [-0.2, -0.15) is 5.10 Å². The summed E-state index contributed by atoms with van der Waals surface area (Å²) in [7, 11) is 1.72. The van der Waals surface area contributed by atoms with Crippen molar-refractivity contribution in [3.05, 3.63) is 46.2 Å². The quantitative estimate of drug-likeness (QED) is 0.906. The number of rotatable bonds is 2. The molecule has 1 heterocycles. The number of amides is 1. The zero-order valence-corrected chi connectivity index (χ0v) is 11.2. The van der Waals surface area contributed by atoms with Crippen LogP contribution >= 0.6 is 11.6 Å². The minimum absolute atomic E-state index is 0.238. The molecule has 2 rings (SSSR count). The molecule has 0 aliphatic heterocycles. The Morgan fingerprint density at radius 2 is 1.94 bits per heavy atom. The molecule has 0 saturated carbocycles. The van der Waals surface area contributed by atoms with Crippen LogP contribution in [0.4, 0.5) is 5.69 Å². The van der Waals surface area contributed by atoms with Crippen LogP contribution in [-0.4, -0.2) is 15.7 Å². The predicted molar refractivity (Wildman–Crippen MR) is 72.1 cm³/mol. The molecule has 0 atom stereocenters. The molecule has 4 nitrogen and oxygen atoms in total. The van der Waals surface area contributed by atoms with E-state index in [0.717, 1.165) is 16.8 Å². The summed E-state index contributed by atoms with van der Waals surface area (Å²) >= 11 is 5.94. The molecule has 0 unspecified atom stereocenters. The second-order valence-electron chi connectivity index (χ2n) is 4.22. The second-order valence-corrected chi connectivity index (χ2v) is 4.63. The molecule has 0 bridgehead atoms. The molecule has 1 aromatic carbocycles. The van der Waals surface area contributed by atoms with Crippen LogP contribution in [-0.2, 0) is 7.05 Å². The Kier molecular flexibility index (Phi) is 3.39. The number of para-hydroxylation sites is 1. The summed E-state index contributed by atoms with van der Waals surface area (Å²) in [4.78, 5) is 12.1. The van der Waals surface area contributed by atoms with E-state index in [4.69, 9.17) is 11.6 Å². The summed E-state index contributed by atoms with van der Waals surface area (Å²) in [5, 5.41) is 7.24. The van der Waals surface area contributed by atoms with Crippen LogP contribution < -0.4 is 5.32 Å². The third kappa shape index (κ3) is 2.38. The Morgan fingerprint density at radius 3 is 2.44 bits per heavy atom. The van der Waals surface area contributed by atoms with E-state index in [1.165, 1.54) is 4.68 Å². The van der Waals surface area contributed by atoms with Crippen LogP contribution in [0.2, 0.25) is 5.02 Å². The molecule has 1 amide bonds. The minimum Gasteiger partial charge on any atom is -0.320 e. The van der Waals surface area contributed by atoms with Crippen molar-refractivity contribution < 1.29 is 4.79 Å². The largest absolute Gasteiger partial charge is 0.320 e. The van der Waals surface area contributed by atoms with Crippen molar-refractivity contribution >= 4 is 23.2 Å². The first-order chi connectivity index (χ1) is 8.49. The molecular weight excluding hydrogens is 250 g/mol. The highest BCUT2D eigenvalue weighted by Gasteiger charge is 2.16. The molecule has 0 saturated heterocycles. The standard InChI is InChI=1S/C13H14ClN3O/c1-8-5-4-6-9(2)11(8)15-13(18)12-10(14)7-17(3)16-12/h4-7H,1-3H3,(H,15,18). The number of nitrogens with zero attached hydrogens (tertiary/aromatic N) is 2. The Labute approximate surface area is 111 Å². The average molecular weight is 264 g/mol. The van der Waals surface area contributed by atoms with Gasteiger partial charge in [0.1, 0.15) is 0 Å². The third-order valence-corrected chi connectivity index (χ3v) is 3.00. The van der Waals surface area contributed by atoms with Crippen LogP contribution in [0.5, 0.6) is 0 Å². The lowest BCUT2D eigenvalue weighted by Gasteiger charge is -2.10. The van der Waals surface area contributed by atoms with Gasteiger partial charge in [0.25, 0.3) is 5.91 Å². The number of anilines is 1. The monoisotopic (exact) mass is 263 g/mol. The van der Waals surface area contributed by atoms with Crippen molar-refractivity contribution in [2.75, 3.05) is 5.32 Å². The summed E-state index contributed by atoms with van der Waals surface area (Å²) in [6.07, 6.45) is 1.60. The van der Waals surface area contributed by atoms with Crippen molar-refractivity contribution in [3.8, 4) is 0 Å². The molecule has 18 heavy (non-hydrogen) atoms. The topological polar surface area (TPSA) is 46.9 Å². The van der Waals surface area contributed by atoms with Gasteiger partial charge >= 0.3 is 0 Å². The molecule has 0 aliphatic carbocycles. The predicted octanol–water partition coefficient (Wildman–Crippen LogP) is 2.94. The molecule has 5 heteroatoms. The van der Waals surface area contributed by atoms with Gasteiger partial charge in [0, 0.05) is 18.9 Å². The number of halogens is 1. The second kappa shape index (κ2) is 4.82. The number of aromatic nitrogens is 2. The van der Waals surface area contributed by atoms with Gasteiger partial charge in [0.15, 0.2) is 5.69 Å². The average Bonchev–Trinajstić information content (AvgIpc) is 2.63. The summed E-state index contributed by atoms with van der Waals surface area (Å²) in [5.74, 6) is -0.294. The van der Waals surface area contributed by atoms with Gasteiger partial charge in [-0.3, -0.25) is 9.48 Å². The lowest BCUT2D eigenvalue weighted by Crippen LogP contribution is -2.15. The lowest BCUT2D eigenvalue weighted by atomic mass is 10.1. The minimum atomic E-state index is -0.294. The highest BCUT2D eigenvalue weighted by molar-refractivity contribution is 6.34. The van der Waals surface area contributed by atoms with Crippen LogP contribution in [0.3, 0.4) is 0 Å². The maximum absolute atomic E-state index is 12.1. The van der Waals surface area contributed by atoms with E-state index >= 15 is 0 Å². The fourth-order valence-electron chi connectivity index (χ4n) is 1.80. The third-order valence-electron chi connectivity index (χ3n) is 2.72. The zero-order chi connectivity index (χ0) is 13.3. The molecule has 0 fully saturated rings.